The van der Waals surface area contributed by atoms with Gasteiger partial charge in [0.1, 0.15) is 5.56 Å². The Morgan fingerprint density at radius 2 is 1.29 bits per heavy atom. The van der Waals surface area contributed by atoms with Crippen LogP contribution in [0.1, 0.15) is 22.3 Å². The highest BCUT2D eigenvalue weighted by Crippen LogP contribution is 2.37. The zero-order valence-electron chi connectivity index (χ0n) is 9.81. The monoisotopic (exact) mass is 236 g/mol. The van der Waals surface area contributed by atoms with Crippen molar-refractivity contribution in [3.63, 3.8) is 0 Å². The van der Waals surface area contributed by atoms with Gasteiger partial charge in [-0.05, 0) is 26.3 Å². The van der Waals surface area contributed by atoms with Gasteiger partial charge in [0.2, 0.25) is 0 Å². The Bertz CT molecular complexity index is 494. The van der Waals surface area contributed by atoms with Crippen molar-refractivity contribution >= 4 is 17.5 Å². The van der Waals surface area contributed by atoms with Crippen LogP contribution < -0.4 is 0 Å². The average Bonchev–Trinajstić information content (AvgIpc) is 2.16. The first-order valence-electron chi connectivity index (χ1n) is 4.87. The molecule has 0 unspecified atom stereocenters. The normalized spacial score (nSPS) is 10.1. The van der Waals surface area contributed by atoms with Gasteiger partial charge in [-0.2, -0.15) is 0 Å². The summed E-state index contributed by atoms with van der Waals surface area (Å²) in [5, 5.41) is 21.9. The first-order chi connectivity index (χ1) is 7.82. The molecule has 90 valence electrons. The van der Waals surface area contributed by atoms with Crippen LogP contribution in [0.15, 0.2) is 6.58 Å². The first-order valence-corrected chi connectivity index (χ1v) is 4.87. The Morgan fingerprint density at radius 3 is 1.53 bits per heavy atom. The highest BCUT2D eigenvalue weighted by Gasteiger charge is 2.29. The maximum atomic E-state index is 10.9. The summed E-state index contributed by atoms with van der Waals surface area (Å²) in [7, 11) is 0. The van der Waals surface area contributed by atoms with E-state index in [2.05, 4.69) is 6.58 Å². The summed E-state index contributed by atoms with van der Waals surface area (Å²) in [6.07, 6.45) is 1.41. The van der Waals surface area contributed by atoms with Crippen molar-refractivity contribution in [2.75, 3.05) is 0 Å². The van der Waals surface area contributed by atoms with E-state index in [9.17, 15) is 20.2 Å². The lowest BCUT2D eigenvalue weighted by molar-refractivity contribution is -0.395. The van der Waals surface area contributed by atoms with Gasteiger partial charge in [0.25, 0.3) is 11.4 Å². The van der Waals surface area contributed by atoms with Crippen LogP contribution in [0.5, 0.6) is 0 Å². The fourth-order valence-electron chi connectivity index (χ4n) is 2.06. The minimum atomic E-state index is -0.593. The highest BCUT2D eigenvalue weighted by atomic mass is 16.6. The number of rotatable bonds is 3. The van der Waals surface area contributed by atoms with Crippen molar-refractivity contribution in [2.45, 2.75) is 20.8 Å². The number of benzene rings is 1. The summed E-state index contributed by atoms with van der Waals surface area (Å²) < 4.78 is 0. The third-order valence-corrected chi connectivity index (χ3v) is 2.80. The van der Waals surface area contributed by atoms with Crippen LogP contribution in [0.3, 0.4) is 0 Å². The third kappa shape index (κ3) is 1.89. The van der Waals surface area contributed by atoms with Crippen molar-refractivity contribution in [2.24, 2.45) is 0 Å². The number of nitro groups is 2. The van der Waals surface area contributed by atoms with Gasteiger partial charge in [0, 0.05) is 11.1 Å². The van der Waals surface area contributed by atoms with Gasteiger partial charge in [-0.3, -0.25) is 20.2 Å². The minimum absolute atomic E-state index is 0.0839. The molecule has 17 heavy (non-hydrogen) atoms. The Labute approximate surface area is 97.9 Å². The second-order valence-electron chi connectivity index (χ2n) is 3.70. The van der Waals surface area contributed by atoms with Gasteiger partial charge >= 0.3 is 0 Å². The van der Waals surface area contributed by atoms with Gasteiger partial charge in [-0.15, -0.1) is 0 Å². The lowest BCUT2D eigenvalue weighted by Gasteiger charge is -2.10. The molecular formula is C11H12N2O4. The molecule has 0 spiro atoms. The molecule has 0 saturated carbocycles. The van der Waals surface area contributed by atoms with Crippen molar-refractivity contribution in [3.8, 4) is 0 Å². The minimum Gasteiger partial charge on any atom is -0.258 e. The summed E-state index contributed by atoms with van der Waals surface area (Å²) in [5.41, 5.74) is 0.931. The van der Waals surface area contributed by atoms with Crippen molar-refractivity contribution in [1.29, 1.82) is 0 Å². The van der Waals surface area contributed by atoms with Gasteiger partial charge in [0.15, 0.2) is 0 Å². The van der Waals surface area contributed by atoms with Crippen LogP contribution in [-0.4, -0.2) is 9.85 Å². The fraction of sp³-hybridized carbons (Fsp3) is 0.273. The second-order valence-corrected chi connectivity index (χ2v) is 3.70. The molecule has 0 amide bonds. The maximum absolute atomic E-state index is 10.9. The van der Waals surface area contributed by atoms with Crippen LogP contribution in [0.2, 0.25) is 0 Å². The zero-order valence-corrected chi connectivity index (χ0v) is 9.81. The van der Waals surface area contributed by atoms with Gasteiger partial charge < -0.3 is 0 Å². The first kappa shape index (κ1) is 12.8. The van der Waals surface area contributed by atoms with E-state index in [1.807, 2.05) is 0 Å². The quantitative estimate of drug-likeness (QED) is 0.596. The third-order valence-electron chi connectivity index (χ3n) is 2.80. The molecule has 0 fully saturated rings. The number of nitrogens with zero attached hydrogens (tertiary/aromatic N) is 2. The molecule has 0 N–H and O–H groups in total. The van der Waals surface area contributed by atoms with Gasteiger partial charge in [-0.1, -0.05) is 12.7 Å². The SMILES string of the molecule is C=Cc1c(C)c([N+](=O)[O-])c(C)c([N+](=O)[O-])c1C. The Hall–Kier alpha value is -2.24. The summed E-state index contributed by atoms with van der Waals surface area (Å²) in [5.74, 6) is 0. The molecule has 0 atom stereocenters. The van der Waals surface area contributed by atoms with Crippen molar-refractivity contribution in [3.05, 3.63) is 49.1 Å². The zero-order chi connectivity index (χ0) is 13.3. The van der Waals surface area contributed by atoms with E-state index in [0.29, 0.717) is 16.7 Å². The molecule has 0 heterocycles. The van der Waals surface area contributed by atoms with Crippen LogP contribution in [0.25, 0.3) is 6.08 Å². The molecule has 0 aromatic heterocycles. The molecule has 0 aliphatic rings. The Morgan fingerprint density at radius 1 is 0.941 bits per heavy atom. The molecule has 0 bridgehead atoms. The Balaban J connectivity index is 3.88. The Kier molecular flexibility index (Phi) is 3.26. The van der Waals surface area contributed by atoms with Crippen LogP contribution >= 0.6 is 0 Å². The van der Waals surface area contributed by atoms with E-state index in [1.54, 1.807) is 13.8 Å². The lowest BCUT2D eigenvalue weighted by Crippen LogP contribution is -2.05. The molecular weight excluding hydrogens is 224 g/mol. The van der Waals surface area contributed by atoms with E-state index >= 15 is 0 Å². The summed E-state index contributed by atoms with van der Waals surface area (Å²) in [6.45, 7) is 8.07. The highest BCUT2D eigenvalue weighted by molar-refractivity contribution is 5.72. The average molecular weight is 236 g/mol. The van der Waals surface area contributed by atoms with Gasteiger partial charge in [-0.25, -0.2) is 0 Å². The van der Waals surface area contributed by atoms with Crippen molar-refractivity contribution in [1.82, 2.24) is 0 Å². The molecule has 6 heteroatoms. The predicted molar refractivity (Wildman–Crippen MR) is 64.1 cm³/mol. The van der Waals surface area contributed by atoms with E-state index < -0.39 is 9.85 Å². The number of nitro benzene ring substituents is 2. The molecule has 0 saturated heterocycles. The topological polar surface area (TPSA) is 86.3 Å². The molecule has 1 rings (SSSR count). The molecule has 0 radical (unpaired) electrons. The molecule has 0 aliphatic carbocycles. The predicted octanol–water partition coefficient (Wildman–Crippen LogP) is 3.07. The number of hydrogen-bond acceptors (Lipinski definition) is 4. The van der Waals surface area contributed by atoms with E-state index in [1.165, 1.54) is 13.0 Å². The molecule has 1 aromatic rings. The smallest absolute Gasteiger partial charge is 0.258 e. The number of hydrogen-bond donors (Lipinski definition) is 0. The molecule has 6 nitrogen and oxygen atoms in total. The van der Waals surface area contributed by atoms with Crippen molar-refractivity contribution < 1.29 is 9.85 Å². The summed E-state index contributed by atoms with van der Waals surface area (Å²) >= 11 is 0. The molecule has 0 aliphatic heterocycles. The van der Waals surface area contributed by atoms with Crippen LogP contribution in [0, 0.1) is 41.0 Å². The molecule has 1 aromatic carbocycles. The van der Waals surface area contributed by atoms with Gasteiger partial charge in [0.05, 0.1) is 9.85 Å². The van der Waals surface area contributed by atoms with E-state index in [-0.39, 0.29) is 16.9 Å². The van der Waals surface area contributed by atoms with E-state index in [0.717, 1.165) is 0 Å². The van der Waals surface area contributed by atoms with Crippen LogP contribution in [-0.2, 0) is 0 Å². The lowest BCUT2D eigenvalue weighted by atomic mass is 9.95. The fourth-order valence-corrected chi connectivity index (χ4v) is 2.06. The van der Waals surface area contributed by atoms with Crippen LogP contribution in [0.4, 0.5) is 11.4 Å². The second kappa shape index (κ2) is 4.32. The maximum Gasteiger partial charge on any atom is 0.282 e. The largest absolute Gasteiger partial charge is 0.282 e. The van der Waals surface area contributed by atoms with E-state index in [4.69, 9.17) is 0 Å². The standard InChI is InChI=1S/C11H12N2O4/c1-5-9-6(2)10(12(14)15)8(4)11(7(9)3)13(16)17/h5H,1H2,2-4H3. The summed E-state index contributed by atoms with van der Waals surface area (Å²) in [4.78, 5) is 20.7. The summed E-state index contributed by atoms with van der Waals surface area (Å²) in [6, 6.07) is 0.